The lowest BCUT2D eigenvalue weighted by Gasteiger charge is -2.25. The van der Waals surface area contributed by atoms with Gasteiger partial charge in [-0.15, -0.1) is 0 Å². The van der Waals surface area contributed by atoms with Crippen LogP contribution in [0.15, 0.2) is 36.5 Å². The van der Waals surface area contributed by atoms with Gasteiger partial charge in [0, 0.05) is 43.2 Å². The molecule has 2 aromatic rings. The zero-order chi connectivity index (χ0) is 13.1. The molecule has 3 rings (SSSR count). The summed E-state index contributed by atoms with van der Waals surface area (Å²) < 4.78 is 2.02. The van der Waals surface area contributed by atoms with Gasteiger partial charge in [-0.3, -0.25) is 0 Å². The van der Waals surface area contributed by atoms with Gasteiger partial charge in [-0.1, -0.05) is 29.8 Å². The molecule has 5 heteroatoms. The Hall–Kier alpha value is -1.52. The molecule has 2 heterocycles. The highest BCUT2D eigenvalue weighted by Crippen LogP contribution is 2.17. The summed E-state index contributed by atoms with van der Waals surface area (Å²) in [5.41, 5.74) is 1.15. The highest BCUT2D eigenvalue weighted by molar-refractivity contribution is 6.31. The predicted octanol–water partition coefficient (Wildman–Crippen LogP) is 2.37. The zero-order valence-electron chi connectivity index (χ0n) is 10.6. The molecule has 19 heavy (non-hydrogen) atoms. The van der Waals surface area contributed by atoms with Crippen molar-refractivity contribution in [1.29, 1.82) is 0 Å². The SMILES string of the molecule is Clc1ccccc1CNC[C@H]1CNc2ccnn2C1. The molecule has 100 valence electrons. The van der Waals surface area contributed by atoms with Gasteiger partial charge in [0.05, 0.1) is 6.20 Å². The summed E-state index contributed by atoms with van der Waals surface area (Å²) in [6.45, 7) is 3.71. The molecule has 0 saturated carbocycles. The van der Waals surface area contributed by atoms with E-state index in [1.807, 2.05) is 35.1 Å². The third kappa shape index (κ3) is 2.91. The van der Waals surface area contributed by atoms with E-state index in [1.54, 1.807) is 0 Å². The first-order valence-electron chi connectivity index (χ1n) is 6.53. The van der Waals surface area contributed by atoms with Crippen LogP contribution in [0.1, 0.15) is 5.56 Å². The van der Waals surface area contributed by atoms with E-state index in [2.05, 4.69) is 21.8 Å². The average Bonchev–Trinajstić information content (AvgIpc) is 2.88. The molecule has 1 aromatic heterocycles. The normalized spacial score (nSPS) is 17.8. The van der Waals surface area contributed by atoms with Crippen LogP contribution >= 0.6 is 11.6 Å². The molecule has 0 saturated heterocycles. The van der Waals surface area contributed by atoms with Gasteiger partial charge < -0.3 is 10.6 Å². The fourth-order valence-electron chi connectivity index (χ4n) is 2.38. The second-order valence-electron chi connectivity index (χ2n) is 4.87. The number of nitrogens with one attached hydrogen (secondary N) is 2. The molecule has 0 aliphatic carbocycles. The molecule has 2 N–H and O–H groups in total. The zero-order valence-corrected chi connectivity index (χ0v) is 11.4. The van der Waals surface area contributed by atoms with Crippen molar-refractivity contribution >= 4 is 17.4 Å². The molecular formula is C14H17ClN4. The smallest absolute Gasteiger partial charge is 0.124 e. The van der Waals surface area contributed by atoms with Gasteiger partial charge >= 0.3 is 0 Å². The van der Waals surface area contributed by atoms with Crippen LogP contribution < -0.4 is 10.6 Å². The Balaban J connectivity index is 1.50. The molecule has 4 nitrogen and oxygen atoms in total. The maximum atomic E-state index is 6.13. The number of fused-ring (bicyclic) bond motifs is 1. The number of benzene rings is 1. The Morgan fingerprint density at radius 1 is 1.37 bits per heavy atom. The molecule has 1 atom stereocenters. The lowest BCUT2D eigenvalue weighted by atomic mass is 10.1. The Morgan fingerprint density at radius 2 is 2.26 bits per heavy atom. The number of hydrogen-bond donors (Lipinski definition) is 2. The summed E-state index contributed by atoms with van der Waals surface area (Å²) in [6, 6.07) is 9.96. The molecule has 0 bridgehead atoms. The van der Waals surface area contributed by atoms with Crippen LogP contribution in [0, 0.1) is 5.92 Å². The Morgan fingerprint density at radius 3 is 3.16 bits per heavy atom. The van der Waals surface area contributed by atoms with E-state index in [0.29, 0.717) is 5.92 Å². The molecule has 1 aliphatic rings. The van der Waals surface area contributed by atoms with Crippen LogP contribution in [0.3, 0.4) is 0 Å². The number of hydrogen-bond acceptors (Lipinski definition) is 3. The molecule has 0 amide bonds. The first-order valence-corrected chi connectivity index (χ1v) is 6.90. The molecule has 1 aliphatic heterocycles. The van der Waals surface area contributed by atoms with Gasteiger partial charge in [0.2, 0.25) is 0 Å². The second kappa shape index (κ2) is 5.63. The molecule has 0 fully saturated rings. The monoisotopic (exact) mass is 276 g/mol. The van der Waals surface area contributed by atoms with E-state index in [1.165, 1.54) is 0 Å². The first kappa shape index (κ1) is 12.5. The third-order valence-electron chi connectivity index (χ3n) is 3.43. The van der Waals surface area contributed by atoms with Crippen molar-refractivity contribution in [2.45, 2.75) is 13.1 Å². The van der Waals surface area contributed by atoms with Gasteiger partial charge in [0.15, 0.2) is 0 Å². The Kier molecular flexibility index (Phi) is 3.71. The largest absolute Gasteiger partial charge is 0.370 e. The van der Waals surface area contributed by atoms with E-state index in [0.717, 1.165) is 42.6 Å². The number of nitrogens with zero attached hydrogens (tertiary/aromatic N) is 2. The molecular weight excluding hydrogens is 260 g/mol. The highest BCUT2D eigenvalue weighted by Gasteiger charge is 2.17. The predicted molar refractivity (Wildman–Crippen MR) is 77.4 cm³/mol. The quantitative estimate of drug-likeness (QED) is 0.901. The Labute approximate surface area is 117 Å². The van der Waals surface area contributed by atoms with Gasteiger partial charge in [-0.25, -0.2) is 4.68 Å². The van der Waals surface area contributed by atoms with E-state index < -0.39 is 0 Å². The van der Waals surface area contributed by atoms with Crippen LogP contribution in [0.4, 0.5) is 5.82 Å². The Bertz CT molecular complexity index is 552. The van der Waals surface area contributed by atoms with E-state index in [4.69, 9.17) is 11.6 Å². The third-order valence-corrected chi connectivity index (χ3v) is 3.79. The van der Waals surface area contributed by atoms with Crippen molar-refractivity contribution in [3.63, 3.8) is 0 Å². The summed E-state index contributed by atoms with van der Waals surface area (Å²) in [7, 11) is 0. The number of rotatable bonds is 4. The van der Waals surface area contributed by atoms with E-state index in [-0.39, 0.29) is 0 Å². The lowest BCUT2D eigenvalue weighted by molar-refractivity contribution is 0.391. The fraction of sp³-hybridized carbons (Fsp3) is 0.357. The van der Waals surface area contributed by atoms with Crippen LogP contribution in [-0.4, -0.2) is 22.9 Å². The first-order chi connectivity index (χ1) is 9.33. The van der Waals surface area contributed by atoms with E-state index in [9.17, 15) is 0 Å². The number of aromatic nitrogens is 2. The molecule has 0 radical (unpaired) electrons. The van der Waals surface area contributed by atoms with Gasteiger partial charge in [-0.2, -0.15) is 5.10 Å². The molecule has 1 aromatic carbocycles. The summed E-state index contributed by atoms with van der Waals surface area (Å²) in [6.07, 6.45) is 1.84. The topological polar surface area (TPSA) is 41.9 Å². The maximum absolute atomic E-state index is 6.13. The minimum absolute atomic E-state index is 0.551. The summed E-state index contributed by atoms with van der Waals surface area (Å²) in [5.74, 6) is 1.66. The van der Waals surface area contributed by atoms with Crippen molar-refractivity contribution in [3.8, 4) is 0 Å². The molecule has 0 spiro atoms. The summed E-state index contributed by atoms with van der Waals surface area (Å²) >= 11 is 6.13. The van der Waals surface area contributed by atoms with Crippen LogP contribution in [-0.2, 0) is 13.1 Å². The number of anilines is 1. The van der Waals surface area contributed by atoms with Crippen LogP contribution in [0.25, 0.3) is 0 Å². The minimum atomic E-state index is 0.551. The van der Waals surface area contributed by atoms with Gasteiger partial charge in [0.25, 0.3) is 0 Å². The lowest BCUT2D eigenvalue weighted by Crippen LogP contribution is -2.35. The average molecular weight is 277 g/mol. The van der Waals surface area contributed by atoms with Crippen LogP contribution in [0.2, 0.25) is 5.02 Å². The van der Waals surface area contributed by atoms with Gasteiger partial charge in [-0.05, 0) is 11.6 Å². The second-order valence-corrected chi connectivity index (χ2v) is 5.27. The van der Waals surface area contributed by atoms with Crippen LogP contribution in [0.5, 0.6) is 0 Å². The van der Waals surface area contributed by atoms with E-state index >= 15 is 0 Å². The summed E-state index contributed by atoms with van der Waals surface area (Å²) in [4.78, 5) is 0. The van der Waals surface area contributed by atoms with Crippen molar-refractivity contribution in [1.82, 2.24) is 15.1 Å². The van der Waals surface area contributed by atoms with Gasteiger partial charge in [0.1, 0.15) is 5.82 Å². The van der Waals surface area contributed by atoms with Crippen molar-refractivity contribution < 1.29 is 0 Å². The highest BCUT2D eigenvalue weighted by atomic mass is 35.5. The maximum Gasteiger partial charge on any atom is 0.124 e. The van der Waals surface area contributed by atoms with Crippen molar-refractivity contribution in [2.24, 2.45) is 5.92 Å². The van der Waals surface area contributed by atoms with Crippen molar-refractivity contribution in [3.05, 3.63) is 47.1 Å². The fourth-order valence-corrected chi connectivity index (χ4v) is 2.58. The minimum Gasteiger partial charge on any atom is -0.370 e. The molecule has 0 unspecified atom stereocenters. The summed E-state index contributed by atoms with van der Waals surface area (Å²) in [5, 5.41) is 12.0. The number of halogens is 1. The standard InChI is InChI=1S/C14H17ClN4/c15-13-4-2-1-3-12(13)9-16-7-11-8-17-14-5-6-18-19(14)10-11/h1-6,11,16-17H,7-10H2/t11-/m0/s1. The van der Waals surface area contributed by atoms with Crippen molar-refractivity contribution in [2.75, 3.05) is 18.4 Å².